The Morgan fingerprint density at radius 1 is 0.972 bits per heavy atom. The van der Waals surface area contributed by atoms with E-state index < -0.39 is 0 Å². The lowest BCUT2D eigenvalue weighted by atomic mass is 9.88. The highest BCUT2D eigenvalue weighted by Crippen LogP contribution is 2.32. The minimum absolute atomic E-state index is 0.128. The summed E-state index contributed by atoms with van der Waals surface area (Å²) in [6, 6.07) is 9.73. The number of rotatable bonds is 9. The van der Waals surface area contributed by atoms with Crippen molar-refractivity contribution in [1.29, 1.82) is 0 Å². The van der Waals surface area contributed by atoms with Crippen molar-refractivity contribution in [3.8, 4) is 0 Å². The largest absolute Gasteiger partial charge is 0.342 e. The molecule has 0 radical (unpaired) electrons. The van der Waals surface area contributed by atoms with Gasteiger partial charge < -0.3 is 14.8 Å². The lowest BCUT2D eigenvalue weighted by Crippen LogP contribution is -2.49. The zero-order valence-corrected chi connectivity index (χ0v) is 22.8. The highest BCUT2D eigenvalue weighted by atomic mass is 32.2. The summed E-state index contributed by atoms with van der Waals surface area (Å²) in [4.78, 5) is 28.6. The second kappa shape index (κ2) is 12.7. The van der Waals surface area contributed by atoms with Crippen LogP contribution >= 0.6 is 11.8 Å². The van der Waals surface area contributed by atoms with Crippen molar-refractivity contribution in [2.24, 2.45) is 13.0 Å². The van der Waals surface area contributed by atoms with Crippen molar-refractivity contribution < 1.29 is 9.59 Å². The number of benzene rings is 1. The van der Waals surface area contributed by atoms with Crippen molar-refractivity contribution in [2.75, 3.05) is 5.75 Å². The number of hydrogen-bond donors (Lipinski definition) is 1. The molecule has 4 rings (SSSR count). The SMILES string of the molecule is CC(C)[C@@H](NC(=O)c1ccccc1)c1nnc(SCC(=O)N(C2CCCCC2)C2CCCCC2)n1C. The zero-order valence-electron chi connectivity index (χ0n) is 22.0. The second-order valence-corrected chi connectivity index (χ2v) is 11.6. The predicted molar refractivity (Wildman–Crippen MR) is 144 cm³/mol. The molecular weight excluding hydrogens is 470 g/mol. The Labute approximate surface area is 219 Å². The molecule has 1 atom stereocenters. The Kier molecular flexibility index (Phi) is 9.46. The van der Waals surface area contributed by atoms with Crippen LogP contribution in [0.5, 0.6) is 0 Å². The smallest absolute Gasteiger partial charge is 0.251 e. The van der Waals surface area contributed by atoms with Crippen LogP contribution in [0, 0.1) is 5.92 Å². The van der Waals surface area contributed by atoms with E-state index in [1.165, 1.54) is 50.3 Å². The lowest BCUT2D eigenvalue weighted by molar-refractivity contribution is -0.135. The first kappa shape index (κ1) is 26.7. The zero-order chi connectivity index (χ0) is 25.5. The molecule has 1 aromatic heterocycles. The van der Waals surface area contributed by atoms with Crippen LogP contribution in [-0.4, -0.2) is 49.3 Å². The van der Waals surface area contributed by atoms with E-state index in [0.717, 1.165) is 25.7 Å². The first-order chi connectivity index (χ1) is 17.5. The maximum absolute atomic E-state index is 13.6. The number of nitrogens with zero attached hydrogens (tertiary/aromatic N) is 4. The lowest BCUT2D eigenvalue weighted by Gasteiger charge is -2.41. The second-order valence-electron chi connectivity index (χ2n) is 10.6. The van der Waals surface area contributed by atoms with Crippen LogP contribution in [0.25, 0.3) is 0 Å². The van der Waals surface area contributed by atoms with Gasteiger partial charge in [-0.05, 0) is 43.7 Å². The van der Waals surface area contributed by atoms with E-state index >= 15 is 0 Å². The molecule has 1 aromatic carbocycles. The first-order valence-corrected chi connectivity index (χ1v) is 14.6. The maximum atomic E-state index is 13.6. The van der Waals surface area contributed by atoms with Gasteiger partial charge in [0.1, 0.15) is 0 Å². The molecule has 2 aliphatic rings. The molecule has 2 aliphatic carbocycles. The summed E-state index contributed by atoms with van der Waals surface area (Å²) in [5.74, 6) is 1.33. The summed E-state index contributed by atoms with van der Waals surface area (Å²) in [5, 5.41) is 12.7. The average molecular weight is 512 g/mol. The van der Waals surface area contributed by atoms with Crippen LogP contribution < -0.4 is 5.32 Å². The molecule has 196 valence electrons. The Balaban J connectivity index is 1.43. The predicted octanol–water partition coefficient (Wildman–Crippen LogP) is 5.53. The molecule has 2 saturated carbocycles. The van der Waals surface area contributed by atoms with E-state index in [1.807, 2.05) is 29.8 Å². The topological polar surface area (TPSA) is 80.1 Å². The fraction of sp³-hybridized carbons (Fsp3) is 0.643. The molecule has 2 aromatic rings. The third-order valence-electron chi connectivity index (χ3n) is 7.68. The molecule has 1 N–H and O–H groups in total. The van der Waals surface area contributed by atoms with Gasteiger partial charge in [-0.25, -0.2) is 0 Å². The van der Waals surface area contributed by atoms with Gasteiger partial charge in [-0.3, -0.25) is 9.59 Å². The van der Waals surface area contributed by atoms with Crippen LogP contribution in [0.4, 0.5) is 0 Å². The molecule has 0 spiro atoms. The number of carbonyl (C=O) groups excluding carboxylic acids is 2. The summed E-state index contributed by atoms with van der Waals surface area (Å²) >= 11 is 1.46. The molecule has 0 saturated heterocycles. The van der Waals surface area contributed by atoms with Gasteiger partial charge >= 0.3 is 0 Å². The molecule has 7 nitrogen and oxygen atoms in total. The molecule has 2 fully saturated rings. The molecule has 0 unspecified atom stereocenters. The summed E-state index contributed by atoms with van der Waals surface area (Å²) in [6.45, 7) is 4.13. The van der Waals surface area contributed by atoms with Crippen molar-refractivity contribution in [2.45, 2.75) is 101 Å². The highest BCUT2D eigenvalue weighted by molar-refractivity contribution is 7.99. The van der Waals surface area contributed by atoms with E-state index in [9.17, 15) is 9.59 Å². The van der Waals surface area contributed by atoms with Crippen molar-refractivity contribution in [3.05, 3.63) is 41.7 Å². The standard InChI is InChI=1S/C28H41N5O2S/c1-20(2)25(29-27(35)21-13-7-4-8-14-21)26-30-31-28(32(26)3)36-19-24(34)33(22-15-9-5-10-16-22)23-17-11-6-12-18-23/h4,7-8,13-14,20,22-23,25H,5-6,9-12,15-19H2,1-3H3,(H,29,35)/t25-/m1/s1. The van der Waals surface area contributed by atoms with Crippen molar-refractivity contribution >= 4 is 23.6 Å². The van der Waals surface area contributed by atoms with E-state index in [0.29, 0.717) is 34.4 Å². The fourth-order valence-corrected chi connectivity index (χ4v) is 6.48. The van der Waals surface area contributed by atoms with Crippen LogP contribution in [0.15, 0.2) is 35.5 Å². The average Bonchev–Trinajstić information content (AvgIpc) is 3.27. The van der Waals surface area contributed by atoms with Gasteiger partial charge in [0.2, 0.25) is 5.91 Å². The summed E-state index contributed by atoms with van der Waals surface area (Å²) in [6.07, 6.45) is 12.0. The summed E-state index contributed by atoms with van der Waals surface area (Å²) < 4.78 is 1.93. The Bertz CT molecular complexity index is 979. The van der Waals surface area contributed by atoms with Crippen LogP contribution in [-0.2, 0) is 11.8 Å². The third-order valence-corrected chi connectivity index (χ3v) is 8.69. The first-order valence-electron chi connectivity index (χ1n) is 13.6. The molecule has 2 amide bonds. The van der Waals surface area contributed by atoms with E-state index in [-0.39, 0.29) is 23.8 Å². The van der Waals surface area contributed by atoms with Gasteiger partial charge in [-0.15, -0.1) is 10.2 Å². The Hall–Kier alpha value is -2.35. The number of aromatic nitrogens is 3. The number of carbonyl (C=O) groups is 2. The quantitative estimate of drug-likeness (QED) is 0.448. The number of amides is 2. The molecule has 0 aliphatic heterocycles. The van der Waals surface area contributed by atoms with E-state index in [2.05, 4.69) is 34.3 Å². The number of nitrogens with one attached hydrogen (secondary N) is 1. The highest BCUT2D eigenvalue weighted by Gasteiger charge is 2.33. The van der Waals surface area contributed by atoms with Crippen molar-refractivity contribution in [1.82, 2.24) is 25.0 Å². The normalized spacial score (nSPS) is 18.2. The number of hydrogen-bond acceptors (Lipinski definition) is 5. The van der Waals surface area contributed by atoms with Gasteiger partial charge in [0.05, 0.1) is 11.8 Å². The minimum atomic E-state index is -0.277. The Morgan fingerprint density at radius 2 is 1.56 bits per heavy atom. The van der Waals surface area contributed by atoms with Crippen LogP contribution in [0.2, 0.25) is 0 Å². The fourth-order valence-electron chi connectivity index (χ4n) is 5.69. The minimum Gasteiger partial charge on any atom is -0.342 e. The molecule has 36 heavy (non-hydrogen) atoms. The molecular formula is C28H41N5O2S. The van der Waals surface area contributed by atoms with Gasteiger partial charge in [0.25, 0.3) is 5.91 Å². The molecule has 1 heterocycles. The molecule has 8 heteroatoms. The third kappa shape index (κ3) is 6.50. The van der Waals surface area contributed by atoms with Crippen molar-refractivity contribution in [3.63, 3.8) is 0 Å². The summed E-state index contributed by atoms with van der Waals surface area (Å²) in [7, 11) is 1.92. The Morgan fingerprint density at radius 3 is 2.11 bits per heavy atom. The monoisotopic (exact) mass is 511 g/mol. The van der Waals surface area contributed by atoms with Gasteiger partial charge in [-0.1, -0.05) is 82.3 Å². The van der Waals surface area contributed by atoms with Crippen LogP contribution in [0.1, 0.15) is 100 Å². The van der Waals surface area contributed by atoms with Gasteiger partial charge in [0.15, 0.2) is 11.0 Å². The van der Waals surface area contributed by atoms with Gasteiger partial charge in [0, 0.05) is 24.7 Å². The van der Waals surface area contributed by atoms with E-state index in [4.69, 9.17) is 0 Å². The summed E-state index contributed by atoms with van der Waals surface area (Å²) in [5.41, 5.74) is 0.621. The van der Waals surface area contributed by atoms with Gasteiger partial charge in [-0.2, -0.15) is 0 Å². The number of thioether (sulfide) groups is 1. The van der Waals surface area contributed by atoms with E-state index in [1.54, 1.807) is 12.1 Å². The molecule has 0 bridgehead atoms. The van der Waals surface area contributed by atoms with Crippen LogP contribution in [0.3, 0.4) is 0 Å². The maximum Gasteiger partial charge on any atom is 0.251 e.